The van der Waals surface area contributed by atoms with Gasteiger partial charge in [-0.2, -0.15) is 0 Å². The quantitative estimate of drug-likeness (QED) is 0.106. The number of hydrogen-bond donors (Lipinski definition) is 6. The minimum absolute atomic E-state index is 0.120. The number of carbonyl (C=O) groups is 1. The number of nitrogens with zero attached hydrogens (tertiary/aromatic N) is 2. The van der Waals surface area contributed by atoms with Crippen molar-refractivity contribution in [2.75, 3.05) is 25.0 Å². The van der Waals surface area contributed by atoms with Crippen molar-refractivity contribution in [2.45, 2.75) is 25.9 Å². The first-order valence-corrected chi connectivity index (χ1v) is 11.7. The van der Waals surface area contributed by atoms with Gasteiger partial charge >= 0.3 is 0 Å². The number of H-pyrrole nitrogens is 1. The first-order valence-electron chi connectivity index (χ1n) is 11.7. The van der Waals surface area contributed by atoms with E-state index < -0.39 is 0 Å². The monoisotopic (exact) mass is 473 g/mol. The van der Waals surface area contributed by atoms with Crippen LogP contribution in [0.5, 0.6) is 0 Å². The molecule has 2 aromatic carbocycles. The summed E-state index contributed by atoms with van der Waals surface area (Å²) in [6, 6.07) is 20.9. The van der Waals surface area contributed by atoms with Gasteiger partial charge in [0.25, 0.3) is 0 Å². The number of nitrogens with one attached hydrogen (secondary N) is 5. The number of fused-ring (bicyclic) bond motifs is 1. The van der Waals surface area contributed by atoms with Crippen LogP contribution in [0.1, 0.15) is 30.5 Å². The predicted molar refractivity (Wildman–Crippen MR) is 137 cm³/mol. The highest BCUT2D eigenvalue weighted by Crippen LogP contribution is 2.29. The summed E-state index contributed by atoms with van der Waals surface area (Å²) in [7, 11) is 0. The number of rotatable bonds is 12. The van der Waals surface area contributed by atoms with Gasteiger partial charge in [-0.15, -0.1) is 0 Å². The fourth-order valence-corrected chi connectivity index (χ4v) is 3.84. The molecule has 0 radical (unpaired) electrons. The van der Waals surface area contributed by atoms with Crippen LogP contribution in [0.15, 0.2) is 67.0 Å². The first-order chi connectivity index (χ1) is 17.1. The van der Waals surface area contributed by atoms with E-state index in [0.29, 0.717) is 6.54 Å². The van der Waals surface area contributed by atoms with Gasteiger partial charge in [-0.1, -0.05) is 54.6 Å². The normalized spacial score (nSPS) is 11.9. The smallest absolute Gasteiger partial charge is 0.244 e. The molecule has 9 nitrogen and oxygen atoms in total. The average Bonchev–Trinajstić information content (AvgIpc) is 3.34. The van der Waals surface area contributed by atoms with Gasteiger partial charge in [0.05, 0.1) is 5.39 Å². The molecule has 182 valence electrons. The van der Waals surface area contributed by atoms with Crippen LogP contribution in [0, 0.1) is 0 Å². The van der Waals surface area contributed by atoms with E-state index in [1.165, 1.54) is 11.1 Å². The maximum absolute atomic E-state index is 11.0. The molecular weight excluding hydrogens is 442 g/mol. The zero-order chi connectivity index (χ0) is 24.5. The minimum atomic E-state index is -0.387. The van der Waals surface area contributed by atoms with Crippen LogP contribution in [-0.2, 0) is 11.3 Å². The van der Waals surface area contributed by atoms with Gasteiger partial charge in [0.15, 0.2) is 0 Å². The molecule has 1 amide bonds. The summed E-state index contributed by atoms with van der Waals surface area (Å²) in [6.07, 6.45) is 1.83. The topological polar surface area (TPSA) is 127 Å². The molecule has 0 unspecified atom stereocenters. The fraction of sp³-hybridized carbons (Fsp3) is 0.269. The Balaban J connectivity index is 1.33. The summed E-state index contributed by atoms with van der Waals surface area (Å²) in [5.74, 6) is 0.419. The third-order valence-electron chi connectivity index (χ3n) is 5.80. The molecule has 0 saturated carbocycles. The highest BCUT2D eigenvalue weighted by atomic mass is 16.5. The summed E-state index contributed by atoms with van der Waals surface area (Å²) in [5, 5.41) is 19.5. The maximum Gasteiger partial charge on any atom is 0.244 e. The zero-order valence-corrected chi connectivity index (χ0v) is 19.7. The largest absolute Gasteiger partial charge is 0.363 e. The van der Waals surface area contributed by atoms with Gasteiger partial charge in [0.1, 0.15) is 17.8 Å². The summed E-state index contributed by atoms with van der Waals surface area (Å²) >= 11 is 0. The van der Waals surface area contributed by atoms with E-state index in [9.17, 15) is 4.79 Å². The van der Waals surface area contributed by atoms with Gasteiger partial charge in [-0.25, -0.2) is 15.4 Å². The lowest BCUT2D eigenvalue weighted by Gasteiger charge is -2.15. The Morgan fingerprint density at radius 3 is 2.54 bits per heavy atom. The molecule has 0 aliphatic carbocycles. The molecule has 0 aliphatic rings. The Labute approximate surface area is 204 Å². The lowest BCUT2D eigenvalue weighted by Crippen LogP contribution is -2.30. The van der Waals surface area contributed by atoms with Crippen molar-refractivity contribution in [3.05, 3.63) is 78.1 Å². The van der Waals surface area contributed by atoms with Crippen molar-refractivity contribution in [2.24, 2.45) is 0 Å². The molecule has 2 aromatic heterocycles. The van der Waals surface area contributed by atoms with Crippen molar-refractivity contribution >= 4 is 22.8 Å². The van der Waals surface area contributed by atoms with Crippen LogP contribution in [0.25, 0.3) is 22.3 Å². The van der Waals surface area contributed by atoms with Crippen LogP contribution in [0.3, 0.4) is 0 Å². The second-order valence-corrected chi connectivity index (χ2v) is 8.35. The molecular formula is C26H31N7O2. The van der Waals surface area contributed by atoms with Gasteiger partial charge in [-0.05, 0) is 29.7 Å². The van der Waals surface area contributed by atoms with Gasteiger partial charge in [-0.3, -0.25) is 10.0 Å². The van der Waals surface area contributed by atoms with E-state index in [2.05, 4.69) is 80.3 Å². The molecule has 35 heavy (non-hydrogen) atoms. The Morgan fingerprint density at radius 2 is 1.77 bits per heavy atom. The van der Waals surface area contributed by atoms with Gasteiger partial charge in [0, 0.05) is 44.3 Å². The second kappa shape index (κ2) is 12.1. The number of aromatic amines is 1. The molecule has 4 rings (SSSR count). The van der Waals surface area contributed by atoms with Crippen LogP contribution < -0.4 is 21.4 Å². The molecule has 6 N–H and O–H groups in total. The molecule has 0 spiro atoms. The summed E-state index contributed by atoms with van der Waals surface area (Å²) in [5.41, 5.74) is 6.88. The van der Waals surface area contributed by atoms with Crippen LogP contribution in [0.4, 0.5) is 5.82 Å². The first kappa shape index (κ1) is 24.3. The Hall–Kier alpha value is -3.79. The van der Waals surface area contributed by atoms with Crippen LogP contribution >= 0.6 is 0 Å². The number of hydrogen-bond acceptors (Lipinski definition) is 7. The van der Waals surface area contributed by atoms with Crippen molar-refractivity contribution in [3.8, 4) is 11.3 Å². The van der Waals surface area contributed by atoms with E-state index in [-0.39, 0.29) is 18.4 Å². The number of anilines is 1. The molecule has 2 heterocycles. The minimum Gasteiger partial charge on any atom is -0.363 e. The Morgan fingerprint density at radius 1 is 1.00 bits per heavy atom. The van der Waals surface area contributed by atoms with Crippen molar-refractivity contribution < 1.29 is 10.0 Å². The average molecular weight is 474 g/mol. The third kappa shape index (κ3) is 6.63. The highest BCUT2D eigenvalue weighted by molar-refractivity contribution is 5.91. The number of aromatic nitrogens is 3. The Kier molecular flexibility index (Phi) is 8.39. The number of hydroxylamine groups is 1. The molecule has 0 fully saturated rings. The number of benzene rings is 2. The fourth-order valence-electron chi connectivity index (χ4n) is 3.84. The SMILES string of the molecule is C[C@@H](Nc1ncnc2[nH]c(-c3ccc(CNCCNCCC(=O)NO)cc3)cc12)c1ccccc1. The van der Waals surface area contributed by atoms with Gasteiger partial charge < -0.3 is 20.9 Å². The van der Waals surface area contributed by atoms with E-state index in [0.717, 1.165) is 47.7 Å². The van der Waals surface area contributed by atoms with E-state index in [1.54, 1.807) is 11.8 Å². The second-order valence-electron chi connectivity index (χ2n) is 8.35. The lowest BCUT2D eigenvalue weighted by molar-refractivity contribution is -0.129. The van der Waals surface area contributed by atoms with Crippen LogP contribution in [-0.4, -0.2) is 45.7 Å². The van der Waals surface area contributed by atoms with Crippen molar-refractivity contribution in [1.29, 1.82) is 0 Å². The molecule has 0 bridgehead atoms. The molecule has 1 atom stereocenters. The van der Waals surface area contributed by atoms with E-state index in [4.69, 9.17) is 5.21 Å². The number of carbonyl (C=O) groups excluding carboxylic acids is 1. The highest BCUT2D eigenvalue weighted by Gasteiger charge is 2.12. The number of amides is 1. The molecule has 9 heteroatoms. The predicted octanol–water partition coefficient (Wildman–Crippen LogP) is 3.37. The van der Waals surface area contributed by atoms with Gasteiger partial charge in [0.2, 0.25) is 5.91 Å². The lowest BCUT2D eigenvalue weighted by atomic mass is 10.1. The van der Waals surface area contributed by atoms with Crippen molar-refractivity contribution in [1.82, 2.24) is 31.1 Å². The van der Waals surface area contributed by atoms with Crippen LogP contribution in [0.2, 0.25) is 0 Å². The third-order valence-corrected chi connectivity index (χ3v) is 5.80. The molecule has 4 aromatic rings. The summed E-state index contributed by atoms with van der Waals surface area (Å²) in [4.78, 5) is 23.3. The maximum atomic E-state index is 11.0. The van der Waals surface area contributed by atoms with Crippen molar-refractivity contribution in [3.63, 3.8) is 0 Å². The Bertz CT molecular complexity index is 1230. The summed E-state index contributed by atoms with van der Waals surface area (Å²) < 4.78 is 0. The molecule has 0 aliphatic heterocycles. The standard InChI is InChI=1S/C26H31N7O2/c1-18(20-5-3-2-4-6-20)31-25-22-15-23(32-26(22)30-17-29-25)21-9-7-19(8-10-21)16-28-14-13-27-12-11-24(34)33-35/h2-10,15,17-18,27-28,35H,11-14,16H2,1H3,(H,33,34)(H2,29,30,31,32)/t18-/m1/s1. The van der Waals surface area contributed by atoms with E-state index in [1.807, 2.05) is 18.2 Å². The summed E-state index contributed by atoms with van der Waals surface area (Å²) in [6.45, 7) is 4.92. The molecule has 0 saturated heterocycles. The zero-order valence-electron chi connectivity index (χ0n) is 19.7. The van der Waals surface area contributed by atoms with E-state index >= 15 is 0 Å².